The van der Waals surface area contributed by atoms with Crippen LogP contribution in [0.2, 0.25) is 0 Å². The van der Waals surface area contributed by atoms with Gasteiger partial charge >= 0.3 is 0 Å². The lowest BCUT2D eigenvalue weighted by Gasteiger charge is -2.38. The van der Waals surface area contributed by atoms with Crippen LogP contribution < -0.4 is 16.4 Å². The average molecular weight is 549 g/mol. The largest absolute Gasteiger partial charge is 0.369 e. The van der Waals surface area contributed by atoms with E-state index in [-0.39, 0.29) is 29.9 Å². The Kier molecular flexibility index (Phi) is 10.8. The molecule has 9 heteroatoms. The van der Waals surface area contributed by atoms with Crippen molar-refractivity contribution in [2.24, 2.45) is 16.6 Å². The highest BCUT2D eigenvalue weighted by Crippen LogP contribution is 2.37. The molecule has 170 valence electrons. The van der Waals surface area contributed by atoms with Gasteiger partial charge < -0.3 is 16.4 Å². The summed E-state index contributed by atoms with van der Waals surface area (Å²) in [5.74, 6) is 1.21. The van der Waals surface area contributed by atoms with Gasteiger partial charge in [-0.05, 0) is 63.6 Å². The smallest absolute Gasteiger partial charge is 0.231 e. The molecule has 0 spiro atoms. The number of likely N-dealkylation sites (tertiary alicyclic amines) is 2. The summed E-state index contributed by atoms with van der Waals surface area (Å²) in [6, 6.07) is 5.27. The molecule has 7 nitrogen and oxygen atoms in total. The van der Waals surface area contributed by atoms with Gasteiger partial charge in [0.25, 0.3) is 0 Å². The van der Waals surface area contributed by atoms with Crippen LogP contribution in [-0.2, 0) is 4.79 Å². The van der Waals surface area contributed by atoms with E-state index in [0.717, 1.165) is 51.5 Å². The molecule has 0 saturated carbocycles. The van der Waals surface area contributed by atoms with E-state index >= 15 is 0 Å². The molecule has 2 fully saturated rings. The maximum atomic E-state index is 11.1. The first kappa shape index (κ1) is 25.4. The zero-order valence-electron chi connectivity index (χ0n) is 18.2. The number of nitrogens with one attached hydrogen (secondary N) is 2. The fourth-order valence-electron chi connectivity index (χ4n) is 4.54. The van der Waals surface area contributed by atoms with Crippen molar-refractivity contribution in [3.8, 4) is 0 Å². The topological polar surface area (TPSA) is 86.0 Å². The first-order valence-electron chi connectivity index (χ1n) is 10.9. The van der Waals surface area contributed by atoms with Crippen LogP contribution in [0.15, 0.2) is 22.5 Å². The Morgan fingerprint density at radius 3 is 2.70 bits per heavy atom. The van der Waals surface area contributed by atoms with Crippen molar-refractivity contribution >= 4 is 47.2 Å². The Hall–Kier alpha value is -0.910. The van der Waals surface area contributed by atoms with Gasteiger partial charge in [0.2, 0.25) is 5.91 Å². The number of primary amides is 1. The lowest BCUT2D eigenvalue weighted by Crippen LogP contribution is -2.50. The monoisotopic (exact) mass is 548 g/mol. The highest BCUT2D eigenvalue weighted by atomic mass is 127. The first-order chi connectivity index (χ1) is 14.1. The average Bonchev–Trinajstić information content (AvgIpc) is 3.21. The molecule has 1 amide bonds. The molecular weight excluding hydrogens is 511 g/mol. The summed E-state index contributed by atoms with van der Waals surface area (Å²) in [6.07, 6.45) is 4.46. The Labute approximate surface area is 201 Å². The minimum atomic E-state index is -0.246. The van der Waals surface area contributed by atoms with E-state index in [0.29, 0.717) is 24.5 Å². The molecule has 1 aromatic rings. The Balaban J connectivity index is 0.00000320. The maximum Gasteiger partial charge on any atom is 0.231 e. The summed E-state index contributed by atoms with van der Waals surface area (Å²) in [6.45, 7) is 7.11. The van der Waals surface area contributed by atoms with Crippen molar-refractivity contribution in [3.05, 3.63) is 22.4 Å². The van der Waals surface area contributed by atoms with Gasteiger partial charge in [-0.2, -0.15) is 0 Å². The zero-order chi connectivity index (χ0) is 20.6. The molecular formula is C21H37IN6OS. The SMILES string of the molecule is CCNC(=NCC1CCCN(C)C1c1cccs1)NC1CCN(CC(N)=O)CC1.I. The lowest BCUT2D eigenvalue weighted by molar-refractivity contribution is -0.119. The zero-order valence-corrected chi connectivity index (χ0v) is 21.3. The highest BCUT2D eigenvalue weighted by molar-refractivity contribution is 14.0. The van der Waals surface area contributed by atoms with E-state index < -0.39 is 0 Å². The van der Waals surface area contributed by atoms with Crippen molar-refractivity contribution in [1.82, 2.24) is 20.4 Å². The number of amides is 1. The van der Waals surface area contributed by atoms with Crippen LogP contribution in [-0.4, -0.2) is 74.0 Å². The summed E-state index contributed by atoms with van der Waals surface area (Å²) in [4.78, 5) is 22.2. The normalized spacial score (nSPS) is 24.3. The third-order valence-corrected chi connectivity index (χ3v) is 6.92. The Morgan fingerprint density at radius 1 is 1.30 bits per heavy atom. The van der Waals surface area contributed by atoms with Crippen LogP contribution in [0.5, 0.6) is 0 Å². The second-order valence-electron chi connectivity index (χ2n) is 8.22. The van der Waals surface area contributed by atoms with Gasteiger partial charge in [0, 0.05) is 43.1 Å². The summed E-state index contributed by atoms with van der Waals surface area (Å²) < 4.78 is 0. The third-order valence-electron chi connectivity index (χ3n) is 5.98. The van der Waals surface area contributed by atoms with E-state index in [4.69, 9.17) is 10.7 Å². The van der Waals surface area contributed by atoms with E-state index in [9.17, 15) is 4.79 Å². The van der Waals surface area contributed by atoms with Gasteiger partial charge in [0.05, 0.1) is 6.54 Å². The molecule has 0 aromatic carbocycles. The number of thiophene rings is 1. The first-order valence-corrected chi connectivity index (χ1v) is 11.7. The molecule has 1 aromatic heterocycles. The Morgan fingerprint density at radius 2 is 2.07 bits per heavy atom. The number of aliphatic imine (C=N–C) groups is 1. The summed E-state index contributed by atoms with van der Waals surface area (Å²) in [5.41, 5.74) is 5.32. The van der Waals surface area contributed by atoms with E-state index in [1.165, 1.54) is 17.7 Å². The number of halogens is 1. The molecule has 2 atom stereocenters. The Bertz CT molecular complexity index is 662. The molecule has 0 radical (unpaired) electrons. The van der Waals surface area contributed by atoms with Crippen molar-refractivity contribution < 1.29 is 4.79 Å². The fourth-order valence-corrected chi connectivity index (χ4v) is 5.52. The number of piperidine rings is 2. The number of carbonyl (C=O) groups excluding carboxylic acids is 1. The van der Waals surface area contributed by atoms with Crippen LogP contribution in [0.4, 0.5) is 0 Å². The molecule has 4 N–H and O–H groups in total. The molecule has 2 aliphatic heterocycles. The van der Waals surface area contributed by atoms with E-state index in [1.54, 1.807) is 0 Å². The van der Waals surface area contributed by atoms with E-state index in [2.05, 4.69) is 51.9 Å². The van der Waals surface area contributed by atoms with Gasteiger partial charge in [-0.15, -0.1) is 35.3 Å². The molecule has 0 bridgehead atoms. The second kappa shape index (κ2) is 12.8. The molecule has 0 aliphatic carbocycles. The van der Waals surface area contributed by atoms with E-state index in [1.807, 2.05) is 11.3 Å². The van der Waals surface area contributed by atoms with Crippen molar-refractivity contribution in [1.29, 1.82) is 0 Å². The molecule has 30 heavy (non-hydrogen) atoms. The summed E-state index contributed by atoms with van der Waals surface area (Å²) in [7, 11) is 2.24. The standard InChI is InChI=1S/C21H36N6OS.HI/c1-3-23-21(25-17-8-11-27(12-9-17)15-19(22)28)24-14-16-6-4-10-26(2)20(16)18-7-5-13-29-18;/h5,7,13,16-17,20H,3-4,6,8-12,14-15H2,1-2H3,(H2,22,28)(H2,23,24,25);1H. The molecule has 2 saturated heterocycles. The lowest BCUT2D eigenvalue weighted by atomic mass is 9.88. The van der Waals surface area contributed by atoms with Crippen LogP contribution in [0, 0.1) is 5.92 Å². The number of carbonyl (C=O) groups is 1. The minimum Gasteiger partial charge on any atom is -0.369 e. The van der Waals surface area contributed by atoms with Crippen LogP contribution >= 0.6 is 35.3 Å². The quantitative estimate of drug-likeness (QED) is 0.277. The second-order valence-corrected chi connectivity index (χ2v) is 9.20. The van der Waals surface area contributed by atoms with Gasteiger partial charge in [0.1, 0.15) is 0 Å². The van der Waals surface area contributed by atoms with Crippen molar-refractivity contribution in [3.63, 3.8) is 0 Å². The van der Waals surface area contributed by atoms with Gasteiger partial charge in [-0.25, -0.2) is 0 Å². The highest BCUT2D eigenvalue weighted by Gasteiger charge is 2.31. The predicted molar refractivity (Wildman–Crippen MR) is 136 cm³/mol. The number of rotatable bonds is 7. The number of hydrogen-bond acceptors (Lipinski definition) is 5. The number of nitrogens with zero attached hydrogens (tertiary/aromatic N) is 3. The van der Waals surface area contributed by atoms with Gasteiger partial charge in [0.15, 0.2) is 5.96 Å². The fraction of sp³-hybridized carbons (Fsp3) is 0.714. The molecule has 2 unspecified atom stereocenters. The van der Waals surface area contributed by atoms with Crippen molar-refractivity contribution in [2.45, 2.75) is 44.7 Å². The summed E-state index contributed by atoms with van der Waals surface area (Å²) in [5, 5.41) is 9.21. The van der Waals surface area contributed by atoms with Crippen LogP contribution in [0.1, 0.15) is 43.5 Å². The number of guanidine groups is 1. The molecule has 3 heterocycles. The number of nitrogens with two attached hydrogens (primary N) is 1. The number of hydrogen-bond donors (Lipinski definition) is 3. The van der Waals surface area contributed by atoms with Crippen LogP contribution in [0.25, 0.3) is 0 Å². The minimum absolute atomic E-state index is 0. The third kappa shape index (κ3) is 7.35. The van der Waals surface area contributed by atoms with Crippen molar-refractivity contribution in [2.75, 3.05) is 46.3 Å². The van der Waals surface area contributed by atoms with Gasteiger partial charge in [-0.1, -0.05) is 6.07 Å². The molecule has 2 aliphatic rings. The predicted octanol–water partition coefficient (Wildman–Crippen LogP) is 2.25. The summed E-state index contributed by atoms with van der Waals surface area (Å²) >= 11 is 1.86. The van der Waals surface area contributed by atoms with Gasteiger partial charge in [-0.3, -0.25) is 19.6 Å². The maximum absolute atomic E-state index is 11.1. The van der Waals surface area contributed by atoms with Crippen LogP contribution in [0.3, 0.4) is 0 Å². The molecule has 3 rings (SSSR count).